The number of hydrogen-bond donors (Lipinski definition) is 1. The maximum absolute atomic E-state index is 11.8. The zero-order valence-electron chi connectivity index (χ0n) is 9.19. The summed E-state index contributed by atoms with van der Waals surface area (Å²) >= 11 is 3.29. The lowest BCUT2D eigenvalue weighted by Gasteiger charge is -2.17. The second kappa shape index (κ2) is 4.86. The molecule has 0 spiro atoms. The molecule has 1 aromatic rings. The molecule has 0 radical (unpaired) electrons. The first kappa shape index (κ1) is 12.1. The average Bonchev–Trinajstić information content (AvgIpc) is 2.71. The lowest BCUT2D eigenvalue weighted by atomic mass is 10.1. The van der Waals surface area contributed by atoms with Gasteiger partial charge in [-0.1, -0.05) is 0 Å². The molecule has 5 heteroatoms. The van der Waals surface area contributed by atoms with Crippen molar-refractivity contribution in [3.05, 3.63) is 28.2 Å². The van der Waals surface area contributed by atoms with Gasteiger partial charge >= 0.3 is 0 Å². The van der Waals surface area contributed by atoms with Gasteiger partial charge in [0.25, 0.3) is 0 Å². The summed E-state index contributed by atoms with van der Waals surface area (Å²) < 4.78 is 0.741. The minimum atomic E-state index is 0.0756. The molecule has 1 aliphatic heterocycles. The highest BCUT2D eigenvalue weighted by Gasteiger charge is 2.29. The zero-order chi connectivity index (χ0) is 12.4. The second-order valence-corrected chi connectivity index (χ2v) is 4.94. The number of hydrogen-bond acceptors (Lipinski definition) is 3. The summed E-state index contributed by atoms with van der Waals surface area (Å²) in [5.41, 5.74) is 6.88. The van der Waals surface area contributed by atoms with Gasteiger partial charge in [0.1, 0.15) is 6.07 Å². The summed E-state index contributed by atoms with van der Waals surface area (Å²) in [6.45, 7) is 1.16. The normalized spacial score (nSPS) is 19.5. The van der Waals surface area contributed by atoms with E-state index in [-0.39, 0.29) is 11.8 Å². The van der Waals surface area contributed by atoms with Crippen LogP contribution < -0.4 is 10.6 Å². The lowest BCUT2D eigenvalue weighted by molar-refractivity contribution is -0.117. The van der Waals surface area contributed by atoms with Crippen molar-refractivity contribution in [3.63, 3.8) is 0 Å². The van der Waals surface area contributed by atoms with Gasteiger partial charge in [-0.15, -0.1) is 0 Å². The fraction of sp³-hybridized carbons (Fsp3) is 0.333. The molecular weight excluding hydrogens is 282 g/mol. The van der Waals surface area contributed by atoms with Gasteiger partial charge in [0, 0.05) is 23.1 Å². The predicted molar refractivity (Wildman–Crippen MR) is 68.4 cm³/mol. The number of nitriles is 1. The number of nitrogens with zero attached hydrogens (tertiary/aromatic N) is 2. The van der Waals surface area contributed by atoms with Gasteiger partial charge in [0.15, 0.2) is 0 Å². The van der Waals surface area contributed by atoms with Crippen molar-refractivity contribution in [1.82, 2.24) is 0 Å². The molecule has 0 saturated carbocycles. The SMILES string of the molecule is N#Cc1cc(N2CC(CN)CC2=O)ccc1Br. The Morgan fingerprint density at radius 1 is 1.59 bits per heavy atom. The topological polar surface area (TPSA) is 70.1 Å². The van der Waals surface area contributed by atoms with Crippen molar-refractivity contribution < 1.29 is 4.79 Å². The molecule has 0 aliphatic carbocycles. The highest BCUT2D eigenvalue weighted by Crippen LogP contribution is 2.28. The molecule has 1 atom stereocenters. The standard InChI is InChI=1S/C12H12BrN3O/c13-11-2-1-10(4-9(11)6-15)16-7-8(5-14)3-12(16)17/h1-2,4,8H,3,5,7,14H2. The molecule has 1 aliphatic rings. The summed E-state index contributed by atoms with van der Waals surface area (Å²) in [6.07, 6.45) is 0.494. The summed E-state index contributed by atoms with van der Waals surface area (Å²) in [5.74, 6) is 0.295. The van der Waals surface area contributed by atoms with Crippen LogP contribution in [-0.4, -0.2) is 19.0 Å². The van der Waals surface area contributed by atoms with Gasteiger partial charge in [-0.2, -0.15) is 5.26 Å². The number of nitrogens with two attached hydrogens (primary N) is 1. The number of carbonyl (C=O) groups excluding carboxylic acids is 1. The van der Waals surface area contributed by atoms with Crippen molar-refractivity contribution in [2.45, 2.75) is 6.42 Å². The van der Waals surface area contributed by atoms with E-state index < -0.39 is 0 Å². The Morgan fingerprint density at radius 2 is 2.35 bits per heavy atom. The molecule has 0 aromatic heterocycles. The molecule has 0 bridgehead atoms. The fourth-order valence-electron chi connectivity index (χ4n) is 1.96. The maximum Gasteiger partial charge on any atom is 0.227 e. The zero-order valence-corrected chi connectivity index (χ0v) is 10.8. The van der Waals surface area contributed by atoms with Crippen molar-refractivity contribution >= 4 is 27.5 Å². The van der Waals surface area contributed by atoms with E-state index in [1.54, 1.807) is 17.0 Å². The third-order valence-corrected chi connectivity index (χ3v) is 3.61. The fourth-order valence-corrected chi connectivity index (χ4v) is 2.29. The van der Waals surface area contributed by atoms with E-state index in [9.17, 15) is 4.79 Å². The first-order chi connectivity index (χ1) is 8.15. The average molecular weight is 294 g/mol. The molecule has 88 valence electrons. The number of rotatable bonds is 2. The number of benzene rings is 1. The predicted octanol–water partition coefficient (Wildman–Crippen LogP) is 1.63. The highest BCUT2D eigenvalue weighted by atomic mass is 79.9. The van der Waals surface area contributed by atoms with E-state index in [1.807, 2.05) is 6.07 Å². The number of halogens is 1. The van der Waals surface area contributed by atoms with Gasteiger partial charge in [-0.05, 0) is 46.6 Å². The van der Waals surface area contributed by atoms with Crippen molar-refractivity contribution in [2.75, 3.05) is 18.0 Å². The van der Waals surface area contributed by atoms with E-state index in [0.717, 1.165) is 10.2 Å². The first-order valence-corrected chi connectivity index (χ1v) is 6.15. The summed E-state index contributed by atoms with van der Waals surface area (Å²) in [5, 5.41) is 8.95. The Morgan fingerprint density at radius 3 is 2.94 bits per heavy atom. The van der Waals surface area contributed by atoms with Crippen molar-refractivity contribution in [1.29, 1.82) is 5.26 Å². The molecule has 2 rings (SSSR count). The minimum Gasteiger partial charge on any atom is -0.330 e. The molecule has 1 saturated heterocycles. The smallest absolute Gasteiger partial charge is 0.227 e. The number of carbonyl (C=O) groups is 1. The summed E-state index contributed by atoms with van der Waals surface area (Å²) in [7, 11) is 0. The maximum atomic E-state index is 11.8. The van der Waals surface area contributed by atoms with Crippen molar-refractivity contribution in [3.8, 4) is 6.07 Å². The Bertz CT molecular complexity index is 495. The molecular formula is C12H12BrN3O. The van der Waals surface area contributed by atoms with Crippen LogP contribution in [0.2, 0.25) is 0 Å². The molecule has 2 N–H and O–H groups in total. The molecule has 1 fully saturated rings. The van der Waals surface area contributed by atoms with E-state index in [2.05, 4.69) is 22.0 Å². The summed E-state index contributed by atoms with van der Waals surface area (Å²) in [4.78, 5) is 13.5. The molecule has 1 amide bonds. The molecule has 1 heterocycles. The van der Waals surface area contributed by atoms with Gasteiger partial charge in [0.2, 0.25) is 5.91 Å². The molecule has 4 nitrogen and oxygen atoms in total. The Kier molecular flexibility index (Phi) is 3.46. The Hall–Kier alpha value is -1.38. The van der Waals surface area contributed by atoms with Crippen LogP contribution in [0.25, 0.3) is 0 Å². The van der Waals surface area contributed by atoms with Crippen LogP contribution >= 0.6 is 15.9 Å². The monoisotopic (exact) mass is 293 g/mol. The van der Waals surface area contributed by atoms with Crippen molar-refractivity contribution in [2.24, 2.45) is 11.7 Å². The number of amides is 1. The van der Waals surface area contributed by atoms with Crippen LogP contribution in [0.15, 0.2) is 22.7 Å². The van der Waals surface area contributed by atoms with E-state index in [1.165, 1.54) is 0 Å². The third-order valence-electron chi connectivity index (χ3n) is 2.92. The van der Waals surface area contributed by atoms with Crippen LogP contribution in [-0.2, 0) is 4.79 Å². The lowest BCUT2D eigenvalue weighted by Crippen LogP contribution is -2.25. The quantitative estimate of drug-likeness (QED) is 0.901. The highest BCUT2D eigenvalue weighted by molar-refractivity contribution is 9.10. The van der Waals surface area contributed by atoms with Gasteiger partial charge in [-0.25, -0.2) is 0 Å². The molecule has 1 unspecified atom stereocenters. The third kappa shape index (κ3) is 2.33. The van der Waals surface area contributed by atoms with Crippen LogP contribution in [0.4, 0.5) is 5.69 Å². The van der Waals surface area contributed by atoms with E-state index in [4.69, 9.17) is 11.0 Å². The van der Waals surface area contributed by atoms with Crippen LogP contribution in [0.5, 0.6) is 0 Å². The van der Waals surface area contributed by atoms with Crippen LogP contribution in [0.3, 0.4) is 0 Å². The second-order valence-electron chi connectivity index (χ2n) is 4.09. The van der Waals surface area contributed by atoms with E-state index >= 15 is 0 Å². The van der Waals surface area contributed by atoms with E-state index in [0.29, 0.717) is 25.1 Å². The number of anilines is 1. The molecule has 17 heavy (non-hydrogen) atoms. The Balaban J connectivity index is 2.30. The largest absolute Gasteiger partial charge is 0.330 e. The van der Waals surface area contributed by atoms with Gasteiger partial charge in [0.05, 0.1) is 5.56 Å². The minimum absolute atomic E-state index is 0.0756. The van der Waals surface area contributed by atoms with Crippen LogP contribution in [0.1, 0.15) is 12.0 Å². The first-order valence-electron chi connectivity index (χ1n) is 5.35. The van der Waals surface area contributed by atoms with Crippen LogP contribution in [0, 0.1) is 17.2 Å². The summed E-state index contributed by atoms with van der Waals surface area (Å²) in [6, 6.07) is 7.44. The van der Waals surface area contributed by atoms with Gasteiger partial charge < -0.3 is 10.6 Å². The van der Waals surface area contributed by atoms with Gasteiger partial charge in [-0.3, -0.25) is 4.79 Å². The molecule has 1 aromatic carbocycles. The Labute approximate surface area is 108 Å².